The summed E-state index contributed by atoms with van der Waals surface area (Å²) in [6.45, 7) is 7.31. The molecule has 0 amide bonds. The highest BCUT2D eigenvalue weighted by Gasteiger charge is 2.13. The topological polar surface area (TPSA) is 0 Å². The van der Waals surface area contributed by atoms with Crippen molar-refractivity contribution in [1.29, 1.82) is 0 Å². The molecule has 0 heterocycles. The Hall–Kier alpha value is 0.250. The maximum Gasteiger partial charge on any atom is 0.0782 e. The van der Waals surface area contributed by atoms with Crippen molar-refractivity contribution in [2.75, 3.05) is 27.2 Å². The Morgan fingerprint density at radius 2 is 0.667 bits per heavy atom. The lowest BCUT2D eigenvalue weighted by molar-refractivity contribution is -0.890. The van der Waals surface area contributed by atoms with Crippen molar-refractivity contribution in [1.82, 2.24) is 0 Å². The number of unbranched alkanes of at least 4 members (excludes halogenated alkanes) is 22. The van der Waals surface area contributed by atoms with E-state index in [0.717, 1.165) is 0 Å². The van der Waals surface area contributed by atoms with Gasteiger partial charge in [-0.15, -0.1) is 11.6 Å². The van der Waals surface area contributed by atoms with E-state index in [9.17, 15) is 0 Å². The highest BCUT2D eigenvalue weighted by Crippen LogP contribution is 2.18. The molecule has 0 saturated carbocycles. The maximum absolute atomic E-state index is 6.39. The standard InChI is InChI=1S/C34H71ClN/c1-5-7-9-10-11-12-13-14-15-16-19-22-25-28-32-36(3,4)33-29-26-23-20-17-18-21-24-27-31-34(35)30-8-6-2/h34H,5-33H2,1-4H3/q+1. The van der Waals surface area contributed by atoms with Crippen LogP contribution in [-0.4, -0.2) is 37.0 Å². The fourth-order valence-electron chi connectivity index (χ4n) is 5.56. The normalized spacial score (nSPS) is 12.9. The largest absolute Gasteiger partial charge is 0.328 e. The fraction of sp³-hybridized carbons (Fsp3) is 1.00. The number of hydrogen-bond donors (Lipinski definition) is 0. The Kier molecular flexibility index (Phi) is 28.5. The summed E-state index contributed by atoms with van der Waals surface area (Å²) in [7, 11) is 4.91. The summed E-state index contributed by atoms with van der Waals surface area (Å²) in [5.41, 5.74) is 0. The molecule has 0 saturated heterocycles. The van der Waals surface area contributed by atoms with E-state index in [0.29, 0.717) is 5.38 Å². The molecule has 1 unspecified atom stereocenters. The van der Waals surface area contributed by atoms with Crippen LogP contribution >= 0.6 is 11.6 Å². The van der Waals surface area contributed by atoms with Crippen molar-refractivity contribution in [2.24, 2.45) is 0 Å². The van der Waals surface area contributed by atoms with Gasteiger partial charge >= 0.3 is 0 Å². The predicted octanol–water partition coefficient (Wildman–Crippen LogP) is 12.2. The van der Waals surface area contributed by atoms with Crippen LogP contribution in [0.4, 0.5) is 0 Å². The molecule has 0 aromatic rings. The summed E-state index contributed by atoms with van der Waals surface area (Å²) >= 11 is 6.39. The van der Waals surface area contributed by atoms with Gasteiger partial charge in [0.1, 0.15) is 0 Å². The Labute approximate surface area is 235 Å². The molecule has 0 fully saturated rings. The van der Waals surface area contributed by atoms with E-state index in [1.807, 2.05) is 0 Å². The molecular formula is C34H71ClN+. The first-order valence-corrected chi connectivity index (χ1v) is 17.4. The molecule has 0 bridgehead atoms. The van der Waals surface area contributed by atoms with Crippen molar-refractivity contribution in [3.8, 4) is 0 Å². The van der Waals surface area contributed by atoms with Crippen molar-refractivity contribution in [2.45, 2.75) is 193 Å². The van der Waals surface area contributed by atoms with Crippen LogP contribution in [0.25, 0.3) is 0 Å². The minimum Gasteiger partial charge on any atom is -0.328 e. The molecule has 218 valence electrons. The van der Waals surface area contributed by atoms with Gasteiger partial charge in [-0.25, -0.2) is 0 Å². The summed E-state index contributed by atoms with van der Waals surface area (Å²) in [5.74, 6) is 0. The van der Waals surface area contributed by atoms with Crippen LogP contribution in [0.15, 0.2) is 0 Å². The molecule has 0 rings (SSSR count). The van der Waals surface area contributed by atoms with E-state index >= 15 is 0 Å². The van der Waals surface area contributed by atoms with Crippen LogP contribution in [0.3, 0.4) is 0 Å². The molecule has 1 nitrogen and oxygen atoms in total. The summed E-state index contributed by atoms with van der Waals surface area (Å²) in [4.78, 5) is 0. The minimum absolute atomic E-state index is 0.432. The molecule has 0 N–H and O–H groups in total. The van der Waals surface area contributed by atoms with E-state index in [4.69, 9.17) is 11.6 Å². The first-order chi connectivity index (χ1) is 17.5. The van der Waals surface area contributed by atoms with Crippen molar-refractivity contribution < 1.29 is 4.48 Å². The van der Waals surface area contributed by atoms with E-state index < -0.39 is 0 Å². The number of hydrogen-bond acceptors (Lipinski definition) is 0. The Morgan fingerprint density at radius 3 is 1.03 bits per heavy atom. The van der Waals surface area contributed by atoms with Crippen LogP contribution in [0.2, 0.25) is 0 Å². The summed E-state index contributed by atoms with van der Waals surface area (Å²) < 4.78 is 1.23. The molecule has 0 aliphatic carbocycles. The van der Waals surface area contributed by atoms with Crippen LogP contribution in [0.1, 0.15) is 187 Å². The van der Waals surface area contributed by atoms with Crippen molar-refractivity contribution in [3.63, 3.8) is 0 Å². The van der Waals surface area contributed by atoms with Gasteiger partial charge in [0.25, 0.3) is 0 Å². The maximum atomic E-state index is 6.39. The van der Waals surface area contributed by atoms with Crippen molar-refractivity contribution >= 4 is 11.6 Å². The quantitative estimate of drug-likeness (QED) is 0.0493. The van der Waals surface area contributed by atoms with E-state index in [1.165, 1.54) is 191 Å². The Bertz CT molecular complexity index is 408. The van der Waals surface area contributed by atoms with Gasteiger partial charge in [-0.1, -0.05) is 149 Å². The first-order valence-electron chi connectivity index (χ1n) is 17.0. The molecular weight excluding hydrogens is 458 g/mol. The third-order valence-electron chi connectivity index (χ3n) is 8.27. The molecule has 0 aliphatic heterocycles. The first kappa shape index (κ1) is 36.2. The summed E-state index contributed by atoms with van der Waals surface area (Å²) in [6.07, 6.45) is 38.2. The average Bonchev–Trinajstić information content (AvgIpc) is 2.86. The third-order valence-corrected chi connectivity index (χ3v) is 8.71. The zero-order valence-electron chi connectivity index (χ0n) is 25.9. The molecule has 0 aromatic heterocycles. The van der Waals surface area contributed by atoms with Gasteiger partial charge in [0, 0.05) is 5.38 Å². The predicted molar refractivity (Wildman–Crippen MR) is 167 cm³/mol. The number of halogens is 1. The minimum atomic E-state index is 0.432. The smallest absolute Gasteiger partial charge is 0.0782 e. The van der Waals surface area contributed by atoms with Gasteiger partial charge in [-0.2, -0.15) is 0 Å². The van der Waals surface area contributed by atoms with Crippen LogP contribution in [0, 0.1) is 0 Å². The molecule has 0 aromatic carbocycles. The van der Waals surface area contributed by atoms with E-state index in [2.05, 4.69) is 27.9 Å². The molecule has 36 heavy (non-hydrogen) atoms. The SMILES string of the molecule is CCCCCCCCCCCCCCCC[N+](C)(C)CCCCCCCCCCCC(Cl)CCCC. The van der Waals surface area contributed by atoms with Gasteiger partial charge < -0.3 is 4.48 Å². The number of alkyl halides is 1. The fourth-order valence-corrected chi connectivity index (χ4v) is 5.87. The lowest BCUT2D eigenvalue weighted by Gasteiger charge is -2.30. The van der Waals surface area contributed by atoms with Gasteiger partial charge in [-0.05, 0) is 38.5 Å². The molecule has 0 radical (unpaired) electrons. The van der Waals surface area contributed by atoms with Crippen LogP contribution in [-0.2, 0) is 0 Å². The lowest BCUT2D eigenvalue weighted by Crippen LogP contribution is -2.41. The molecule has 0 aliphatic rings. The number of nitrogens with zero attached hydrogens (tertiary/aromatic N) is 1. The van der Waals surface area contributed by atoms with Crippen LogP contribution in [0.5, 0.6) is 0 Å². The average molecular weight is 529 g/mol. The lowest BCUT2D eigenvalue weighted by atomic mass is 10.0. The summed E-state index contributed by atoms with van der Waals surface area (Å²) in [6, 6.07) is 0. The second kappa shape index (κ2) is 28.3. The second-order valence-electron chi connectivity index (χ2n) is 12.7. The zero-order chi connectivity index (χ0) is 26.6. The molecule has 0 spiro atoms. The highest BCUT2D eigenvalue weighted by atomic mass is 35.5. The highest BCUT2D eigenvalue weighted by molar-refractivity contribution is 6.20. The Balaban J connectivity index is 3.32. The molecule has 2 heteroatoms. The molecule has 1 atom stereocenters. The zero-order valence-corrected chi connectivity index (χ0v) is 26.7. The Morgan fingerprint density at radius 1 is 0.389 bits per heavy atom. The van der Waals surface area contributed by atoms with Gasteiger partial charge in [-0.3, -0.25) is 0 Å². The second-order valence-corrected chi connectivity index (χ2v) is 13.3. The van der Waals surface area contributed by atoms with E-state index in [-0.39, 0.29) is 0 Å². The van der Waals surface area contributed by atoms with Gasteiger partial charge in [0.15, 0.2) is 0 Å². The summed E-state index contributed by atoms with van der Waals surface area (Å²) in [5, 5.41) is 0.432. The van der Waals surface area contributed by atoms with Crippen molar-refractivity contribution in [3.05, 3.63) is 0 Å². The van der Waals surface area contributed by atoms with Gasteiger partial charge in [0.2, 0.25) is 0 Å². The number of quaternary nitrogens is 1. The monoisotopic (exact) mass is 529 g/mol. The van der Waals surface area contributed by atoms with Crippen LogP contribution < -0.4 is 0 Å². The third kappa shape index (κ3) is 28.8. The number of rotatable bonds is 30. The van der Waals surface area contributed by atoms with E-state index in [1.54, 1.807) is 0 Å². The van der Waals surface area contributed by atoms with Gasteiger partial charge in [0.05, 0.1) is 27.2 Å².